The van der Waals surface area contributed by atoms with E-state index in [2.05, 4.69) is 20.5 Å². The second kappa shape index (κ2) is 7.24. The van der Waals surface area contributed by atoms with Gasteiger partial charge in [0, 0.05) is 13.1 Å². The van der Waals surface area contributed by atoms with Crippen LogP contribution in [-0.4, -0.2) is 36.4 Å². The lowest BCUT2D eigenvalue weighted by Crippen LogP contribution is -2.36. The molecule has 22 heavy (non-hydrogen) atoms. The molecule has 0 atom stereocenters. The molecule has 0 aromatic carbocycles. The molecule has 3 heterocycles. The molecule has 2 aromatic heterocycles. The first-order valence-corrected chi connectivity index (χ1v) is 7.58. The number of ether oxygens (including phenoxy) is 1. The molecule has 2 aromatic rings. The number of anilines is 2. The maximum atomic E-state index is 5.34. The third-order valence-corrected chi connectivity index (χ3v) is 3.59. The number of nitrogens with one attached hydrogen (secondary N) is 2. The minimum Gasteiger partial charge on any atom is -0.467 e. The number of thiocarbonyl (C=S) groups is 1. The van der Waals surface area contributed by atoms with Crippen molar-refractivity contribution in [1.82, 2.24) is 10.3 Å². The Morgan fingerprint density at radius 1 is 1.27 bits per heavy atom. The normalized spacial score (nSPS) is 14.6. The molecule has 7 heteroatoms. The predicted octanol–water partition coefficient (Wildman–Crippen LogP) is 2.00. The molecule has 0 aliphatic carbocycles. The van der Waals surface area contributed by atoms with E-state index in [1.54, 1.807) is 12.5 Å². The van der Waals surface area contributed by atoms with Crippen LogP contribution in [0.1, 0.15) is 5.76 Å². The molecule has 0 amide bonds. The molecule has 116 valence electrons. The molecular weight excluding hydrogens is 300 g/mol. The second-order valence-electron chi connectivity index (χ2n) is 4.89. The van der Waals surface area contributed by atoms with E-state index >= 15 is 0 Å². The van der Waals surface area contributed by atoms with Crippen LogP contribution in [0.2, 0.25) is 0 Å². The number of nitrogens with zero attached hydrogens (tertiary/aromatic N) is 2. The van der Waals surface area contributed by atoms with Crippen LogP contribution in [0, 0.1) is 0 Å². The van der Waals surface area contributed by atoms with Gasteiger partial charge in [0.1, 0.15) is 11.6 Å². The first-order valence-electron chi connectivity index (χ1n) is 7.17. The van der Waals surface area contributed by atoms with Gasteiger partial charge in [0.15, 0.2) is 5.11 Å². The number of rotatable bonds is 4. The quantitative estimate of drug-likeness (QED) is 0.836. The van der Waals surface area contributed by atoms with Crippen LogP contribution in [0.5, 0.6) is 0 Å². The van der Waals surface area contributed by atoms with Gasteiger partial charge < -0.3 is 24.7 Å². The molecule has 0 unspecified atom stereocenters. The van der Waals surface area contributed by atoms with E-state index in [0.29, 0.717) is 11.7 Å². The summed E-state index contributed by atoms with van der Waals surface area (Å²) in [4.78, 5) is 6.68. The van der Waals surface area contributed by atoms with E-state index in [-0.39, 0.29) is 0 Å². The zero-order valence-electron chi connectivity index (χ0n) is 12.1. The van der Waals surface area contributed by atoms with Crippen molar-refractivity contribution in [3.8, 4) is 0 Å². The molecule has 0 spiro atoms. The first-order chi connectivity index (χ1) is 10.8. The van der Waals surface area contributed by atoms with Gasteiger partial charge in [-0.2, -0.15) is 0 Å². The monoisotopic (exact) mass is 318 g/mol. The molecule has 0 bridgehead atoms. The number of hydrogen-bond donors (Lipinski definition) is 2. The fourth-order valence-corrected chi connectivity index (χ4v) is 2.39. The standard InChI is InChI=1S/C15H18N4O2S/c22-15(17-11-13-2-1-7-21-13)18-12-3-4-14(16-10-12)19-5-8-20-9-6-19/h1-4,7,10H,5-6,8-9,11H2,(H2,17,18,22). The van der Waals surface area contributed by atoms with E-state index < -0.39 is 0 Å². The van der Waals surface area contributed by atoms with Crippen LogP contribution in [0.15, 0.2) is 41.1 Å². The Balaban J connectivity index is 1.50. The summed E-state index contributed by atoms with van der Waals surface area (Å²) >= 11 is 5.25. The van der Waals surface area contributed by atoms with Gasteiger partial charge in [-0.15, -0.1) is 0 Å². The fourth-order valence-electron chi connectivity index (χ4n) is 2.20. The minimum absolute atomic E-state index is 0.539. The maximum Gasteiger partial charge on any atom is 0.171 e. The number of pyridine rings is 1. The van der Waals surface area contributed by atoms with E-state index in [1.165, 1.54) is 0 Å². The van der Waals surface area contributed by atoms with Gasteiger partial charge in [-0.3, -0.25) is 0 Å². The number of furan rings is 1. The molecule has 1 aliphatic rings. The lowest BCUT2D eigenvalue weighted by molar-refractivity contribution is 0.122. The molecule has 3 rings (SSSR count). The van der Waals surface area contributed by atoms with Crippen molar-refractivity contribution in [3.05, 3.63) is 42.5 Å². The van der Waals surface area contributed by atoms with Gasteiger partial charge in [-0.1, -0.05) is 0 Å². The third-order valence-electron chi connectivity index (χ3n) is 3.34. The molecule has 1 saturated heterocycles. The summed E-state index contributed by atoms with van der Waals surface area (Å²) in [6, 6.07) is 7.71. The van der Waals surface area contributed by atoms with Crippen molar-refractivity contribution < 1.29 is 9.15 Å². The summed E-state index contributed by atoms with van der Waals surface area (Å²) < 4.78 is 10.6. The van der Waals surface area contributed by atoms with Gasteiger partial charge in [0.05, 0.1) is 37.9 Å². The Labute approximate surface area is 134 Å². The van der Waals surface area contributed by atoms with E-state index in [4.69, 9.17) is 21.4 Å². The highest BCUT2D eigenvalue weighted by Gasteiger charge is 2.12. The van der Waals surface area contributed by atoms with Crippen LogP contribution >= 0.6 is 12.2 Å². The van der Waals surface area contributed by atoms with E-state index in [1.807, 2.05) is 24.3 Å². The molecule has 2 N–H and O–H groups in total. The summed E-state index contributed by atoms with van der Waals surface area (Å²) in [7, 11) is 0. The minimum atomic E-state index is 0.539. The highest BCUT2D eigenvalue weighted by Crippen LogP contribution is 2.15. The summed E-state index contributed by atoms with van der Waals surface area (Å²) in [5, 5.41) is 6.73. The summed E-state index contributed by atoms with van der Waals surface area (Å²) in [5.74, 6) is 1.80. The van der Waals surface area contributed by atoms with Crippen molar-refractivity contribution in [3.63, 3.8) is 0 Å². The Hall–Kier alpha value is -2.12. The average Bonchev–Trinajstić information content (AvgIpc) is 3.08. The van der Waals surface area contributed by atoms with Gasteiger partial charge in [-0.05, 0) is 36.5 Å². The topological polar surface area (TPSA) is 62.6 Å². The Kier molecular flexibility index (Phi) is 4.87. The average molecular weight is 318 g/mol. The van der Waals surface area contributed by atoms with Crippen LogP contribution in [-0.2, 0) is 11.3 Å². The van der Waals surface area contributed by atoms with Crippen LogP contribution in [0.4, 0.5) is 11.5 Å². The fraction of sp³-hybridized carbons (Fsp3) is 0.333. The van der Waals surface area contributed by atoms with Crippen molar-refractivity contribution >= 4 is 28.8 Å². The molecule has 6 nitrogen and oxygen atoms in total. The number of hydrogen-bond acceptors (Lipinski definition) is 5. The van der Waals surface area contributed by atoms with Crippen LogP contribution in [0.25, 0.3) is 0 Å². The Morgan fingerprint density at radius 2 is 2.14 bits per heavy atom. The second-order valence-corrected chi connectivity index (χ2v) is 5.30. The summed E-state index contributed by atoms with van der Waals surface area (Å²) in [5.41, 5.74) is 0.856. The molecule has 0 radical (unpaired) electrons. The van der Waals surface area contributed by atoms with E-state index in [9.17, 15) is 0 Å². The van der Waals surface area contributed by atoms with Crippen LogP contribution in [0.3, 0.4) is 0 Å². The Bertz CT molecular complexity index is 595. The predicted molar refractivity (Wildman–Crippen MR) is 89.0 cm³/mol. The third kappa shape index (κ3) is 3.96. The highest BCUT2D eigenvalue weighted by molar-refractivity contribution is 7.80. The van der Waals surface area contributed by atoms with Crippen molar-refractivity contribution in [2.45, 2.75) is 6.54 Å². The van der Waals surface area contributed by atoms with Gasteiger partial charge >= 0.3 is 0 Å². The highest BCUT2D eigenvalue weighted by atomic mass is 32.1. The smallest absolute Gasteiger partial charge is 0.171 e. The van der Waals surface area contributed by atoms with Gasteiger partial charge in [0.2, 0.25) is 0 Å². The van der Waals surface area contributed by atoms with Crippen molar-refractivity contribution in [2.24, 2.45) is 0 Å². The largest absolute Gasteiger partial charge is 0.467 e. The SMILES string of the molecule is S=C(NCc1ccco1)Nc1ccc(N2CCOCC2)nc1. The first kappa shape index (κ1) is 14.8. The zero-order chi connectivity index (χ0) is 15.2. The Morgan fingerprint density at radius 3 is 2.82 bits per heavy atom. The van der Waals surface area contributed by atoms with E-state index in [0.717, 1.165) is 43.6 Å². The van der Waals surface area contributed by atoms with Crippen molar-refractivity contribution in [2.75, 3.05) is 36.5 Å². The summed E-state index contributed by atoms with van der Waals surface area (Å²) in [6.45, 7) is 3.81. The maximum absolute atomic E-state index is 5.34. The van der Waals surface area contributed by atoms with Gasteiger partial charge in [-0.25, -0.2) is 4.98 Å². The lowest BCUT2D eigenvalue weighted by Gasteiger charge is -2.27. The number of morpholine rings is 1. The molecular formula is C15H18N4O2S. The molecule has 1 fully saturated rings. The lowest BCUT2D eigenvalue weighted by atomic mass is 10.3. The van der Waals surface area contributed by atoms with Crippen LogP contribution < -0.4 is 15.5 Å². The summed E-state index contributed by atoms with van der Waals surface area (Å²) in [6.07, 6.45) is 3.42. The van der Waals surface area contributed by atoms with Crippen molar-refractivity contribution in [1.29, 1.82) is 0 Å². The molecule has 1 aliphatic heterocycles. The zero-order valence-corrected chi connectivity index (χ0v) is 12.9. The number of aromatic nitrogens is 1. The molecule has 0 saturated carbocycles. The van der Waals surface area contributed by atoms with Gasteiger partial charge in [0.25, 0.3) is 0 Å².